The van der Waals surface area contributed by atoms with Gasteiger partial charge in [0.05, 0.1) is 11.2 Å². The Bertz CT molecular complexity index is 1040. The van der Waals surface area contributed by atoms with E-state index in [4.69, 9.17) is 4.74 Å². The summed E-state index contributed by atoms with van der Waals surface area (Å²) in [6.07, 6.45) is 1.57. The highest BCUT2D eigenvalue weighted by molar-refractivity contribution is 14.1. The van der Waals surface area contributed by atoms with Crippen LogP contribution in [0.3, 0.4) is 0 Å². The number of ether oxygens (including phenoxy) is 1. The molecular formula is C21H16IN3O. The van der Waals surface area contributed by atoms with Crippen LogP contribution < -0.4 is 10.1 Å². The number of hydrogen-bond acceptors (Lipinski definition) is 4. The predicted octanol–water partition coefficient (Wildman–Crippen LogP) is 5.56. The van der Waals surface area contributed by atoms with Crippen LogP contribution >= 0.6 is 22.6 Å². The minimum Gasteiger partial charge on any atom is -0.487 e. The summed E-state index contributed by atoms with van der Waals surface area (Å²) in [5, 5.41) is 4.38. The molecule has 0 radical (unpaired) electrons. The van der Waals surface area contributed by atoms with Gasteiger partial charge in [-0.3, -0.25) is 0 Å². The third kappa shape index (κ3) is 3.77. The lowest BCUT2D eigenvalue weighted by Gasteiger charge is -2.14. The Morgan fingerprint density at radius 2 is 1.69 bits per heavy atom. The Morgan fingerprint density at radius 1 is 0.885 bits per heavy atom. The maximum atomic E-state index is 6.02. The van der Waals surface area contributed by atoms with Crippen LogP contribution in [0, 0.1) is 3.57 Å². The highest BCUT2D eigenvalue weighted by atomic mass is 127. The highest BCUT2D eigenvalue weighted by Crippen LogP contribution is 2.30. The van der Waals surface area contributed by atoms with Gasteiger partial charge in [-0.1, -0.05) is 42.5 Å². The van der Waals surface area contributed by atoms with Crippen LogP contribution in [0.2, 0.25) is 0 Å². The molecule has 0 saturated carbocycles. The molecule has 4 aromatic rings. The van der Waals surface area contributed by atoms with Crippen molar-refractivity contribution < 1.29 is 4.74 Å². The third-order valence-corrected chi connectivity index (χ3v) is 4.65. The smallest absolute Gasteiger partial charge is 0.143 e. The van der Waals surface area contributed by atoms with Crippen LogP contribution in [0.4, 0.5) is 11.5 Å². The molecule has 0 atom stereocenters. The maximum absolute atomic E-state index is 6.02. The first-order chi connectivity index (χ1) is 12.8. The first kappa shape index (κ1) is 16.8. The van der Waals surface area contributed by atoms with Crippen LogP contribution in [0.25, 0.3) is 10.9 Å². The van der Waals surface area contributed by atoms with Gasteiger partial charge in [0.25, 0.3) is 0 Å². The molecule has 1 N–H and O–H groups in total. The molecule has 4 nitrogen and oxygen atoms in total. The molecule has 0 bridgehead atoms. The van der Waals surface area contributed by atoms with Gasteiger partial charge >= 0.3 is 0 Å². The Morgan fingerprint density at radius 3 is 2.58 bits per heavy atom. The van der Waals surface area contributed by atoms with E-state index in [1.54, 1.807) is 6.33 Å². The largest absolute Gasteiger partial charge is 0.487 e. The Balaban J connectivity index is 1.62. The Hall–Kier alpha value is -2.67. The van der Waals surface area contributed by atoms with E-state index in [2.05, 4.69) is 56.1 Å². The molecule has 4 rings (SSSR count). The zero-order valence-electron chi connectivity index (χ0n) is 13.9. The lowest BCUT2D eigenvalue weighted by Crippen LogP contribution is -2.01. The fraction of sp³-hybridized carbons (Fsp3) is 0.0476. The molecule has 0 aliphatic heterocycles. The van der Waals surface area contributed by atoms with Gasteiger partial charge in [-0.15, -0.1) is 0 Å². The van der Waals surface area contributed by atoms with E-state index in [1.807, 2.05) is 54.6 Å². The molecule has 128 valence electrons. The second-order valence-corrected chi connectivity index (χ2v) is 7.02. The molecule has 0 aliphatic rings. The zero-order chi connectivity index (χ0) is 17.8. The minimum atomic E-state index is 0.516. The average molecular weight is 453 g/mol. The molecule has 0 fully saturated rings. The SMILES string of the molecule is Ic1ccc2ncnc(Nc3ccccc3OCc3ccccc3)c2c1. The van der Waals surface area contributed by atoms with Gasteiger partial charge in [0.1, 0.15) is 24.5 Å². The summed E-state index contributed by atoms with van der Waals surface area (Å²) in [7, 11) is 0. The van der Waals surface area contributed by atoms with Crippen molar-refractivity contribution in [2.24, 2.45) is 0 Å². The van der Waals surface area contributed by atoms with E-state index >= 15 is 0 Å². The van der Waals surface area contributed by atoms with E-state index < -0.39 is 0 Å². The van der Waals surface area contributed by atoms with E-state index in [-0.39, 0.29) is 0 Å². The van der Waals surface area contributed by atoms with Crippen LogP contribution in [-0.4, -0.2) is 9.97 Å². The van der Waals surface area contributed by atoms with E-state index in [0.717, 1.165) is 37.3 Å². The topological polar surface area (TPSA) is 47.0 Å². The van der Waals surface area contributed by atoms with Gasteiger partial charge in [-0.25, -0.2) is 9.97 Å². The Labute approximate surface area is 165 Å². The number of rotatable bonds is 5. The van der Waals surface area contributed by atoms with Crippen LogP contribution in [0.5, 0.6) is 5.75 Å². The molecule has 1 heterocycles. The van der Waals surface area contributed by atoms with Crippen molar-refractivity contribution >= 4 is 45.0 Å². The second kappa shape index (κ2) is 7.70. The lowest BCUT2D eigenvalue weighted by atomic mass is 10.2. The first-order valence-electron chi connectivity index (χ1n) is 8.23. The molecule has 5 heteroatoms. The number of benzene rings is 3. The molecule has 0 spiro atoms. The second-order valence-electron chi connectivity index (χ2n) is 5.78. The van der Waals surface area contributed by atoms with Gasteiger partial charge in [0.15, 0.2) is 0 Å². The van der Waals surface area contributed by atoms with Crippen molar-refractivity contribution in [3.63, 3.8) is 0 Å². The summed E-state index contributed by atoms with van der Waals surface area (Å²) in [5.74, 6) is 1.55. The van der Waals surface area contributed by atoms with Crippen LogP contribution in [0.15, 0.2) is 79.1 Å². The van der Waals surface area contributed by atoms with Crippen molar-refractivity contribution in [1.82, 2.24) is 9.97 Å². The monoisotopic (exact) mass is 453 g/mol. The molecule has 0 amide bonds. The molecular weight excluding hydrogens is 437 g/mol. The molecule has 0 aliphatic carbocycles. The summed E-state index contributed by atoms with van der Waals surface area (Å²) >= 11 is 2.29. The number of nitrogens with one attached hydrogen (secondary N) is 1. The number of aromatic nitrogens is 2. The number of para-hydroxylation sites is 2. The number of halogens is 1. The van der Waals surface area contributed by atoms with Crippen LogP contribution in [0.1, 0.15) is 5.56 Å². The Kier molecular flexibility index (Phi) is 4.97. The molecule has 3 aromatic carbocycles. The van der Waals surface area contributed by atoms with Crippen LogP contribution in [-0.2, 0) is 6.61 Å². The summed E-state index contributed by atoms with van der Waals surface area (Å²) in [5.41, 5.74) is 2.91. The first-order valence-corrected chi connectivity index (χ1v) is 9.30. The van der Waals surface area contributed by atoms with Gasteiger partial charge in [-0.2, -0.15) is 0 Å². The van der Waals surface area contributed by atoms with Crippen molar-refractivity contribution in [3.05, 3.63) is 88.3 Å². The highest BCUT2D eigenvalue weighted by Gasteiger charge is 2.08. The minimum absolute atomic E-state index is 0.516. The van der Waals surface area contributed by atoms with E-state index in [0.29, 0.717) is 6.61 Å². The molecule has 1 aromatic heterocycles. The predicted molar refractivity (Wildman–Crippen MR) is 113 cm³/mol. The van der Waals surface area contributed by atoms with Crippen molar-refractivity contribution in [1.29, 1.82) is 0 Å². The number of hydrogen-bond donors (Lipinski definition) is 1. The zero-order valence-corrected chi connectivity index (χ0v) is 16.1. The van der Waals surface area contributed by atoms with Gasteiger partial charge in [0.2, 0.25) is 0 Å². The number of nitrogens with zero attached hydrogens (tertiary/aromatic N) is 2. The van der Waals surface area contributed by atoms with Crippen molar-refractivity contribution in [3.8, 4) is 5.75 Å². The molecule has 26 heavy (non-hydrogen) atoms. The molecule has 0 saturated heterocycles. The fourth-order valence-electron chi connectivity index (χ4n) is 2.69. The summed E-state index contributed by atoms with van der Waals surface area (Å²) in [6.45, 7) is 0.516. The lowest BCUT2D eigenvalue weighted by molar-refractivity contribution is 0.308. The van der Waals surface area contributed by atoms with E-state index in [1.165, 1.54) is 0 Å². The number of fused-ring (bicyclic) bond motifs is 1. The summed E-state index contributed by atoms with van der Waals surface area (Å²) < 4.78 is 7.16. The van der Waals surface area contributed by atoms with Gasteiger partial charge in [0, 0.05) is 8.96 Å². The van der Waals surface area contributed by atoms with Gasteiger partial charge in [-0.05, 0) is 58.5 Å². The average Bonchev–Trinajstić information content (AvgIpc) is 2.68. The number of anilines is 2. The van der Waals surface area contributed by atoms with Gasteiger partial charge < -0.3 is 10.1 Å². The standard InChI is InChI=1S/C21H16IN3O/c22-16-10-11-18-17(12-16)21(24-14-23-18)25-19-8-4-5-9-20(19)26-13-15-6-2-1-3-7-15/h1-12,14H,13H2,(H,23,24,25). The fourth-order valence-corrected chi connectivity index (χ4v) is 3.18. The van der Waals surface area contributed by atoms with E-state index in [9.17, 15) is 0 Å². The maximum Gasteiger partial charge on any atom is 0.143 e. The van der Waals surface area contributed by atoms with Crippen molar-refractivity contribution in [2.75, 3.05) is 5.32 Å². The molecule has 0 unspecified atom stereocenters. The normalized spacial score (nSPS) is 10.7. The summed E-state index contributed by atoms with van der Waals surface area (Å²) in [4.78, 5) is 8.76. The third-order valence-electron chi connectivity index (χ3n) is 3.97. The van der Waals surface area contributed by atoms with Crippen molar-refractivity contribution in [2.45, 2.75) is 6.61 Å². The quantitative estimate of drug-likeness (QED) is 0.402. The summed E-state index contributed by atoms with van der Waals surface area (Å²) in [6, 6.07) is 24.1.